The summed E-state index contributed by atoms with van der Waals surface area (Å²) in [5.74, 6) is 1.89. The highest BCUT2D eigenvalue weighted by atomic mass is 16.5. The summed E-state index contributed by atoms with van der Waals surface area (Å²) >= 11 is 0. The van der Waals surface area contributed by atoms with E-state index in [9.17, 15) is 9.59 Å². The Morgan fingerprint density at radius 3 is 1.98 bits per heavy atom. The van der Waals surface area contributed by atoms with E-state index < -0.39 is 0 Å². The van der Waals surface area contributed by atoms with E-state index in [4.69, 9.17) is 23.9 Å². The van der Waals surface area contributed by atoms with Crippen LogP contribution in [-0.4, -0.2) is 80.1 Å². The molecular weight excluding hydrogens is 560 g/mol. The Labute approximate surface area is 255 Å². The van der Waals surface area contributed by atoms with Gasteiger partial charge in [-0.25, -0.2) is 0 Å². The van der Waals surface area contributed by atoms with E-state index in [0.29, 0.717) is 71.7 Å². The molecule has 0 aromatic heterocycles. The maximum Gasteiger partial charge on any atom is 0.257 e. The smallest absolute Gasteiger partial charge is 0.257 e. The minimum Gasteiger partial charge on any atom is -0.493 e. The zero-order valence-electron chi connectivity index (χ0n) is 24.8. The fourth-order valence-corrected chi connectivity index (χ4v) is 6.37. The monoisotopic (exact) mass is 594 g/mol. The van der Waals surface area contributed by atoms with Crippen molar-refractivity contribution in [2.75, 3.05) is 34.0 Å². The van der Waals surface area contributed by atoms with Crippen molar-refractivity contribution in [3.05, 3.63) is 70.8 Å². The minimum absolute atomic E-state index is 0.0278. The first-order valence-corrected chi connectivity index (χ1v) is 15.0. The Kier molecular flexibility index (Phi) is 7.41. The van der Waals surface area contributed by atoms with Gasteiger partial charge in [0.15, 0.2) is 23.0 Å². The molecule has 4 aliphatic heterocycles. The summed E-state index contributed by atoms with van der Waals surface area (Å²) < 4.78 is 23.3. The number of benzene rings is 3. The number of ether oxygens (including phenoxy) is 4. The molecule has 0 bridgehead atoms. The summed E-state index contributed by atoms with van der Waals surface area (Å²) in [6.07, 6.45) is 6.92. The van der Waals surface area contributed by atoms with E-state index in [1.165, 1.54) is 5.56 Å². The molecule has 0 N–H and O–H groups in total. The van der Waals surface area contributed by atoms with Crippen LogP contribution in [0.5, 0.6) is 23.0 Å². The van der Waals surface area contributed by atoms with Gasteiger partial charge in [0, 0.05) is 44.1 Å². The molecule has 1 saturated heterocycles. The number of hydrogen-bond donors (Lipinski definition) is 0. The molecule has 4 heterocycles. The van der Waals surface area contributed by atoms with Gasteiger partial charge in [0.25, 0.3) is 11.8 Å². The van der Waals surface area contributed by atoms with Crippen LogP contribution in [0.1, 0.15) is 51.1 Å². The third-order valence-electron chi connectivity index (χ3n) is 8.71. The standard InChI is InChI=1S/C34H34N4O6/c1-41-29-14-25-27(35-18-23-9-5-10-37(23)33(25)39)16-31(29)43-11-6-12-44-32-17-28-26(15-30(32)42-2)34(40)38-20-22-8-4-3-7-21(22)13-24(38)19-36-28/h3-4,7-8,14-19,23-24H,5-6,9-13,20H2,1-2H3/t23-,24?/m0/s1. The van der Waals surface area contributed by atoms with Crippen LogP contribution in [0.4, 0.5) is 11.4 Å². The number of carbonyl (C=O) groups is 2. The topological polar surface area (TPSA) is 102 Å². The number of rotatable bonds is 8. The first kappa shape index (κ1) is 27.9. The van der Waals surface area contributed by atoms with E-state index in [1.807, 2.05) is 34.4 Å². The molecule has 0 saturated carbocycles. The molecule has 10 nitrogen and oxygen atoms in total. The Morgan fingerprint density at radius 2 is 1.34 bits per heavy atom. The van der Waals surface area contributed by atoms with Crippen molar-refractivity contribution in [2.24, 2.45) is 9.98 Å². The summed E-state index contributed by atoms with van der Waals surface area (Å²) in [7, 11) is 3.12. The highest BCUT2D eigenvalue weighted by Gasteiger charge is 2.34. The first-order valence-electron chi connectivity index (χ1n) is 15.0. The third-order valence-corrected chi connectivity index (χ3v) is 8.71. The Morgan fingerprint density at radius 1 is 0.750 bits per heavy atom. The van der Waals surface area contributed by atoms with Crippen LogP contribution in [0.25, 0.3) is 0 Å². The normalized spacial score (nSPS) is 19.7. The molecule has 7 rings (SSSR count). The lowest BCUT2D eigenvalue weighted by Gasteiger charge is -2.34. The number of fused-ring (bicyclic) bond motifs is 5. The van der Waals surface area contributed by atoms with Gasteiger partial charge in [-0.3, -0.25) is 19.6 Å². The third kappa shape index (κ3) is 5.04. The van der Waals surface area contributed by atoms with E-state index >= 15 is 0 Å². The van der Waals surface area contributed by atoms with E-state index in [2.05, 4.69) is 17.1 Å². The molecule has 0 aliphatic carbocycles. The summed E-state index contributed by atoms with van der Waals surface area (Å²) in [5.41, 5.74) is 4.57. The lowest BCUT2D eigenvalue weighted by molar-refractivity contribution is 0.0702. The molecule has 2 amide bonds. The second-order valence-electron chi connectivity index (χ2n) is 11.3. The zero-order valence-corrected chi connectivity index (χ0v) is 24.8. The van der Waals surface area contributed by atoms with Crippen molar-refractivity contribution < 1.29 is 28.5 Å². The number of hydrogen-bond acceptors (Lipinski definition) is 8. The van der Waals surface area contributed by atoms with Crippen molar-refractivity contribution in [2.45, 2.75) is 44.3 Å². The van der Waals surface area contributed by atoms with Gasteiger partial charge >= 0.3 is 0 Å². The predicted octanol–water partition coefficient (Wildman–Crippen LogP) is 5.16. The predicted molar refractivity (Wildman–Crippen MR) is 166 cm³/mol. The lowest BCUT2D eigenvalue weighted by atomic mass is 9.94. The van der Waals surface area contributed by atoms with Crippen molar-refractivity contribution in [1.82, 2.24) is 9.80 Å². The van der Waals surface area contributed by atoms with Crippen LogP contribution in [0.2, 0.25) is 0 Å². The maximum absolute atomic E-state index is 13.6. The van der Waals surface area contributed by atoms with E-state index in [1.54, 1.807) is 38.5 Å². The summed E-state index contributed by atoms with van der Waals surface area (Å²) in [4.78, 5) is 39.8. The van der Waals surface area contributed by atoms with Crippen molar-refractivity contribution in [1.29, 1.82) is 0 Å². The Hall–Kier alpha value is -4.86. The number of methoxy groups -OCH3 is 2. The molecular formula is C34H34N4O6. The second kappa shape index (κ2) is 11.7. The fraction of sp³-hybridized carbons (Fsp3) is 0.353. The molecule has 2 atom stereocenters. The molecule has 3 aromatic rings. The van der Waals surface area contributed by atoms with Crippen LogP contribution in [0.3, 0.4) is 0 Å². The number of nitrogens with zero attached hydrogens (tertiary/aromatic N) is 4. The van der Waals surface area contributed by atoms with Crippen molar-refractivity contribution in [3.8, 4) is 23.0 Å². The summed E-state index contributed by atoms with van der Waals surface area (Å²) in [5, 5.41) is 0. The van der Waals surface area contributed by atoms with Crippen LogP contribution >= 0.6 is 0 Å². The largest absolute Gasteiger partial charge is 0.493 e. The summed E-state index contributed by atoms with van der Waals surface area (Å²) in [6, 6.07) is 15.1. The average Bonchev–Trinajstić information content (AvgIpc) is 3.43. The molecule has 3 aromatic carbocycles. The molecule has 0 radical (unpaired) electrons. The van der Waals surface area contributed by atoms with Crippen LogP contribution < -0.4 is 18.9 Å². The highest BCUT2D eigenvalue weighted by Crippen LogP contribution is 2.40. The Bertz CT molecular complexity index is 1680. The molecule has 4 aliphatic rings. The van der Waals surface area contributed by atoms with Crippen LogP contribution in [0, 0.1) is 0 Å². The van der Waals surface area contributed by atoms with Gasteiger partial charge in [0.1, 0.15) is 0 Å². The van der Waals surface area contributed by atoms with E-state index in [0.717, 1.165) is 31.4 Å². The molecule has 10 heteroatoms. The van der Waals surface area contributed by atoms with E-state index in [-0.39, 0.29) is 23.9 Å². The molecule has 44 heavy (non-hydrogen) atoms. The quantitative estimate of drug-likeness (QED) is 0.334. The van der Waals surface area contributed by atoms with Gasteiger partial charge in [-0.15, -0.1) is 0 Å². The maximum atomic E-state index is 13.6. The van der Waals surface area contributed by atoms with Gasteiger partial charge in [-0.2, -0.15) is 0 Å². The summed E-state index contributed by atoms with van der Waals surface area (Å²) in [6.45, 7) is 1.98. The molecule has 1 fully saturated rings. The van der Waals surface area contributed by atoms with Gasteiger partial charge in [-0.1, -0.05) is 24.3 Å². The van der Waals surface area contributed by atoms with Gasteiger partial charge in [0.05, 0.1) is 62.0 Å². The Balaban J connectivity index is 1.02. The zero-order chi connectivity index (χ0) is 30.2. The van der Waals surface area contributed by atoms with Crippen molar-refractivity contribution >= 4 is 35.6 Å². The average molecular weight is 595 g/mol. The number of aliphatic imine (C=N–C) groups is 2. The first-order chi connectivity index (χ1) is 21.5. The van der Waals surface area contributed by atoms with Gasteiger partial charge in [-0.05, 0) is 42.5 Å². The second-order valence-corrected chi connectivity index (χ2v) is 11.3. The van der Waals surface area contributed by atoms with Crippen LogP contribution in [0.15, 0.2) is 58.5 Å². The van der Waals surface area contributed by atoms with Crippen molar-refractivity contribution in [3.63, 3.8) is 0 Å². The number of carbonyl (C=O) groups excluding carboxylic acids is 2. The lowest BCUT2D eigenvalue weighted by Crippen LogP contribution is -2.44. The number of amides is 2. The highest BCUT2D eigenvalue weighted by molar-refractivity contribution is 6.04. The fourth-order valence-electron chi connectivity index (χ4n) is 6.37. The van der Waals surface area contributed by atoms with Gasteiger partial charge < -0.3 is 28.7 Å². The molecule has 0 spiro atoms. The minimum atomic E-state index is -0.108. The van der Waals surface area contributed by atoms with Crippen LogP contribution in [-0.2, 0) is 13.0 Å². The molecule has 226 valence electrons. The SMILES string of the molecule is COc1cc2c(cc1OCCCOc1cc3c(cc1OC)C(=O)N1CCC[C@H]1C=N3)N=CC1Cc3ccccc3CN1C2=O. The molecule has 1 unspecified atom stereocenters. The van der Waals surface area contributed by atoms with Gasteiger partial charge in [0.2, 0.25) is 0 Å².